The van der Waals surface area contributed by atoms with Crippen LogP contribution >= 0.6 is 0 Å². The molecule has 9 heteroatoms. The number of H-pyrrole nitrogens is 1. The monoisotopic (exact) mass is 310 g/mol. The van der Waals surface area contributed by atoms with E-state index in [0.29, 0.717) is 13.1 Å². The molecule has 3 rings (SSSR count). The van der Waals surface area contributed by atoms with Gasteiger partial charge in [-0.15, -0.1) is 10.2 Å². The molecule has 3 N–H and O–H groups in total. The number of rotatable bonds is 4. The van der Waals surface area contributed by atoms with Crippen LogP contribution in [0.5, 0.6) is 0 Å². The molecule has 0 bridgehead atoms. The number of nitriles is 1. The van der Waals surface area contributed by atoms with Gasteiger partial charge in [0.05, 0.1) is 6.54 Å². The molecular formula is C14H14N8O. The maximum absolute atomic E-state index is 11.9. The molecule has 1 aromatic heterocycles. The fourth-order valence-corrected chi connectivity index (χ4v) is 2.22. The first-order valence-corrected chi connectivity index (χ1v) is 6.99. The fourth-order valence-electron chi connectivity index (χ4n) is 2.22. The maximum atomic E-state index is 11.9. The number of carbonyl (C=O) groups excluding carboxylic acids is 1. The predicted octanol–water partition coefficient (Wildman–Crippen LogP) is 0.112. The summed E-state index contributed by atoms with van der Waals surface area (Å²) >= 11 is 0. The zero-order valence-corrected chi connectivity index (χ0v) is 12.2. The van der Waals surface area contributed by atoms with Crippen molar-refractivity contribution in [2.45, 2.75) is 0 Å². The van der Waals surface area contributed by atoms with E-state index in [-0.39, 0.29) is 17.3 Å². The topological polar surface area (TPSA) is 123 Å². The Kier molecular flexibility index (Phi) is 4.26. The molecule has 1 amide bonds. The van der Waals surface area contributed by atoms with E-state index in [2.05, 4.69) is 31.3 Å². The van der Waals surface area contributed by atoms with E-state index >= 15 is 0 Å². The van der Waals surface area contributed by atoms with Crippen molar-refractivity contribution in [2.24, 2.45) is 0 Å². The van der Waals surface area contributed by atoms with Crippen LogP contribution in [0.3, 0.4) is 0 Å². The number of nitrogens with one attached hydrogen (secondary N) is 3. The molecule has 1 aliphatic heterocycles. The Labute approximate surface area is 132 Å². The van der Waals surface area contributed by atoms with Crippen molar-refractivity contribution < 1.29 is 4.79 Å². The van der Waals surface area contributed by atoms with Gasteiger partial charge in [-0.1, -0.05) is 6.07 Å². The lowest BCUT2D eigenvalue weighted by molar-refractivity contribution is -0.118. The third-order valence-electron chi connectivity index (χ3n) is 3.34. The average Bonchev–Trinajstić information content (AvgIpc) is 3.11. The number of hydrogen-bond acceptors (Lipinski definition) is 7. The highest BCUT2D eigenvalue weighted by atomic mass is 16.2. The number of allylic oxidation sites excluding steroid dienone is 1. The standard InChI is InChI=1S/C14H14N8O/c15-7-10(14-18-20-21-19-14)8-17-11-2-1-3-12(6-11)22-5-4-16-9-13(22)23/h1-3,6,8,16-17H,4-5,9H2,(H,18,19,20,21). The minimum absolute atomic E-state index is 0.0356. The van der Waals surface area contributed by atoms with Gasteiger partial charge in [-0.3, -0.25) is 4.79 Å². The molecule has 1 fully saturated rings. The number of piperazine rings is 1. The number of aromatic nitrogens is 4. The van der Waals surface area contributed by atoms with E-state index in [9.17, 15) is 4.79 Å². The van der Waals surface area contributed by atoms with Crippen molar-refractivity contribution >= 4 is 22.9 Å². The Balaban J connectivity index is 1.78. The van der Waals surface area contributed by atoms with Crippen LogP contribution in [0.1, 0.15) is 5.82 Å². The van der Waals surface area contributed by atoms with Crippen molar-refractivity contribution in [3.8, 4) is 6.07 Å². The summed E-state index contributed by atoms with van der Waals surface area (Å²) in [5.41, 5.74) is 1.82. The van der Waals surface area contributed by atoms with Crippen LogP contribution in [0.2, 0.25) is 0 Å². The zero-order valence-electron chi connectivity index (χ0n) is 12.2. The summed E-state index contributed by atoms with van der Waals surface area (Å²) < 4.78 is 0. The lowest BCUT2D eigenvalue weighted by Crippen LogP contribution is -2.48. The van der Waals surface area contributed by atoms with Gasteiger partial charge in [-0.2, -0.15) is 10.5 Å². The highest BCUT2D eigenvalue weighted by molar-refractivity contribution is 5.96. The summed E-state index contributed by atoms with van der Waals surface area (Å²) in [6, 6.07) is 9.42. The van der Waals surface area contributed by atoms with Crippen molar-refractivity contribution in [1.82, 2.24) is 25.9 Å². The van der Waals surface area contributed by atoms with Crippen LogP contribution in [0.4, 0.5) is 11.4 Å². The molecule has 1 saturated heterocycles. The third kappa shape index (κ3) is 3.33. The summed E-state index contributed by atoms with van der Waals surface area (Å²) in [5.74, 6) is 0.252. The first kappa shape index (κ1) is 14.7. The van der Waals surface area contributed by atoms with Crippen molar-refractivity contribution in [3.05, 3.63) is 36.3 Å². The summed E-state index contributed by atoms with van der Waals surface area (Å²) in [4.78, 5) is 13.7. The Morgan fingerprint density at radius 1 is 1.48 bits per heavy atom. The quantitative estimate of drug-likeness (QED) is 0.685. The lowest BCUT2D eigenvalue weighted by Gasteiger charge is -2.27. The number of carbonyl (C=O) groups is 1. The molecule has 0 saturated carbocycles. The Hall–Kier alpha value is -3.25. The fraction of sp³-hybridized carbons (Fsp3) is 0.214. The van der Waals surface area contributed by atoms with Gasteiger partial charge >= 0.3 is 0 Å². The number of nitrogens with zero attached hydrogens (tertiary/aromatic N) is 5. The number of anilines is 2. The number of aromatic amines is 1. The molecule has 116 valence electrons. The summed E-state index contributed by atoms with van der Waals surface area (Å²) in [6.45, 7) is 1.73. The molecular weight excluding hydrogens is 296 g/mol. The summed E-state index contributed by atoms with van der Waals surface area (Å²) in [6.07, 6.45) is 1.50. The normalized spacial score (nSPS) is 15.3. The first-order chi connectivity index (χ1) is 11.3. The van der Waals surface area contributed by atoms with Gasteiger partial charge in [0.1, 0.15) is 11.6 Å². The van der Waals surface area contributed by atoms with Crippen LogP contribution in [0.25, 0.3) is 5.57 Å². The molecule has 1 aliphatic rings. The largest absolute Gasteiger partial charge is 0.360 e. The van der Waals surface area contributed by atoms with Gasteiger partial charge in [-0.05, 0) is 23.4 Å². The molecule has 0 aliphatic carbocycles. The molecule has 0 spiro atoms. The van der Waals surface area contributed by atoms with E-state index in [1.807, 2.05) is 30.3 Å². The van der Waals surface area contributed by atoms with Gasteiger partial charge < -0.3 is 15.5 Å². The van der Waals surface area contributed by atoms with Crippen molar-refractivity contribution in [2.75, 3.05) is 29.9 Å². The molecule has 1 aromatic carbocycles. The summed E-state index contributed by atoms with van der Waals surface area (Å²) in [5, 5.41) is 28.4. The van der Waals surface area contributed by atoms with Crippen molar-refractivity contribution in [3.63, 3.8) is 0 Å². The zero-order chi connectivity index (χ0) is 16.1. The minimum atomic E-state index is 0.0356. The Morgan fingerprint density at radius 3 is 3.13 bits per heavy atom. The lowest BCUT2D eigenvalue weighted by atomic mass is 10.2. The van der Waals surface area contributed by atoms with E-state index < -0.39 is 0 Å². The first-order valence-electron chi connectivity index (χ1n) is 6.99. The third-order valence-corrected chi connectivity index (χ3v) is 3.34. The number of tetrazole rings is 1. The SMILES string of the molecule is N#CC(=CNc1cccc(N2CCNCC2=O)c1)c1nn[nH]n1. The van der Waals surface area contributed by atoms with Crippen LogP contribution in [-0.4, -0.2) is 46.2 Å². The molecule has 2 aromatic rings. The van der Waals surface area contributed by atoms with Crippen LogP contribution in [0, 0.1) is 11.3 Å². The smallest absolute Gasteiger partial charge is 0.240 e. The predicted molar refractivity (Wildman–Crippen MR) is 83.1 cm³/mol. The van der Waals surface area contributed by atoms with Gasteiger partial charge in [0.25, 0.3) is 0 Å². The second-order valence-electron chi connectivity index (χ2n) is 4.82. The van der Waals surface area contributed by atoms with E-state index in [1.165, 1.54) is 6.20 Å². The number of hydrogen-bond donors (Lipinski definition) is 3. The number of benzene rings is 1. The van der Waals surface area contributed by atoms with Gasteiger partial charge in [-0.25, -0.2) is 0 Å². The summed E-state index contributed by atoms with van der Waals surface area (Å²) in [7, 11) is 0. The highest BCUT2D eigenvalue weighted by Gasteiger charge is 2.19. The maximum Gasteiger partial charge on any atom is 0.240 e. The van der Waals surface area contributed by atoms with E-state index in [4.69, 9.17) is 5.26 Å². The van der Waals surface area contributed by atoms with Gasteiger partial charge in [0.2, 0.25) is 11.7 Å². The van der Waals surface area contributed by atoms with E-state index in [1.54, 1.807) is 4.90 Å². The molecule has 0 unspecified atom stereocenters. The van der Waals surface area contributed by atoms with Crippen LogP contribution < -0.4 is 15.5 Å². The number of amides is 1. The van der Waals surface area contributed by atoms with Crippen LogP contribution in [0.15, 0.2) is 30.5 Å². The molecule has 0 atom stereocenters. The van der Waals surface area contributed by atoms with Gasteiger partial charge in [0, 0.05) is 30.7 Å². The molecule has 2 heterocycles. The highest BCUT2D eigenvalue weighted by Crippen LogP contribution is 2.21. The second kappa shape index (κ2) is 6.67. The van der Waals surface area contributed by atoms with Gasteiger partial charge in [0.15, 0.2) is 0 Å². The Morgan fingerprint density at radius 2 is 2.39 bits per heavy atom. The Bertz CT molecular complexity index is 761. The average molecular weight is 310 g/mol. The molecule has 23 heavy (non-hydrogen) atoms. The minimum Gasteiger partial charge on any atom is -0.360 e. The van der Waals surface area contributed by atoms with E-state index in [0.717, 1.165) is 17.9 Å². The van der Waals surface area contributed by atoms with Crippen LogP contribution in [-0.2, 0) is 4.79 Å². The second-order valence-corrected chi connectivity index (χ2v) is 4.82. The molecule has 9 nitrogen and oxygen atoms in total. The molecule has 0 radical (unpaired) electrons. The van der Waals surface area contributed by atoms with Crippen molar-refractivity contribution in [1.29, 1.82) is 5.26 Å².